The number of ether oxygens (including phenoxy) is 1. The number of nitrogens with zero attached hydrogens (tertiary/aromatic N) is 3. The van der Waals surface area contributed by atoms with Crippen molar-refractivity contribution in [3.8, 4) is 18.2 Å². The number of fused-ring (bicyclic) bond motifs is 1. The zero-order valence-electron chi connectivity index (χ0n) is 8.83. The van der Waals surface area contributed by atoms with E-state index in [-0.39, 0.29) is 11.7 Å². The molecule has 2 aromatic heterocycles. The number of hydrogen-bond donors (Lipinski definition) is 0. The zero-order chi connectivity index (χ0) is 12.3. The van der Waals surface area contributed by atoms with Crippen LogP contribution in [0.4, 0.5) is 5.82 Å². The van der Waals surface area contributed by atoms with Crippen molar-refractivity contribution in [2.45, 2.75) is 12.8 Å². The molecule has 2 aromatic rings. The maximum Gasteiger partial charge on any atom is 0.393 e. The second kappa shape index (κ2) is 4.84. The lowest BCUT2D eigenvalue weighted by Gasteiger charge is -2.00. The minimum atomic E-state index is -0.497. The molecule has 0 fully saturated rings. The van der Waals surface area contributed by atoms with Gasteiger partial charge < -0.3 is 14.9 Å². The first-order valence-electron chi connectivity index (χ1n) is 4.90. The lowest BCUT2D eigenvalue weighted by molar-refractivity contribution is -0.391. The predicted molar refractivity (Wildman–Crippen MR) is 63.3 cm³/mol. The molecule has 2 rings (SSSR count). The highest BCUT2D eigenvalue weighted by atomic mass is 32.1. The third-order valence-electron chi connectivity index (χ3n) is 2.08. The van der Waals surface area contributed by atoms with Gasteiger partial charge in [0.05, 0.1) is 6.61 Å². The Morgan fingerprint density at radius 3 is 3.24 bits per heavy atom. The van der Waals surface area contributed by atoms with Crippen LogP contribution in [0.2, 0.25) is 0 Å². The number of hydrogen-bond acceptors (Lipinski definition) is 5. The van der Waals surface area contributed by atoms with Crippen LogP contribution in [0, 0.1) is 22.5 Å². The SMILES string of the molecule is C#CCCCOc1nc2sccn2c1[N+](=O)[O-]. The van der Waals surface area contributed by atoms with E-state index >= 15 is 0 Å². The van der Waals surface area contributed by atoms with E-state index in [1.54, 1.807) is 11.6 Å². The van der Waals surface area contributed by atoms with Gasteiger partial charge in [0, 0.05) is 11.8 Å². The highest BCUT2D eigenvalue weighted by molar-refractivity contribution is 7.15. The van der Waals surface area contributed by atoms with Crippen molar-refractivity contribution >= 4 is 22.1 Å². The normalized spacial score (nSPS) is 10.3. The van der Waals surface area contributed by atoms with Crippen LogP contribution in [0.5, 0.6) is 5.88 Å². The number of thiazole rings is 1. The van der Waals surface area contributed by atoms with Gasteiger partial charge in [-0.1, -0.05) is 11.3 Å². The predicted octanol–water partition coefficient (Wildman–Crippen LogP) is 2.10. The molecular weight excluding hydrogens is 242 g/mol. The molecule has 0 saturated carbocycles. The average molecular weight is 251 g/mol. The van der Waals surface area contributed by atoms with Crippen LogP contribution < -0.4 is 4.74 Å². The molecule has 0 atom stereocenters. The van der Waals surface area contributed by atoms with Crippen molar-refractivity contribution < 1.29 is 9.66 Å². The van der Waals surface area contributed by atoms with Gasteiger partial charge in [0.1, 0.15) is 6.20 Å². The van der Waals surface area contributed by atoms with E-state index in [0.717, 1.165) is 0 Å². The van der Waals surface area contributed by atoms with Gasteiger partial charge in [-0.15, -0.1) is 12.3 Å². The molecule has 0 N–H and O–H groups in total. The summed E-state index contributed by atoms with van der Waals surface area (Å²) in [5.74, 6) is 2.39. The first-order valence-corrected chi connectivity index (χ1v) is 5.78. The first-order chi connectivity index (χ1) is 8.24. The molecule has 0 radical (unpaired) electrons. The molecule has 17 heavy (non-hydrogen) atoms. The van der Waals surface area contributed by atoms with E-state index in [1.165, 1.54) is 15.7 Å². The van der Waals surface area contributed by atoms with Crippen LogP contribution in [0.15, 0.2) is 11.6 Å². The van der Waals surface area contributed by atoms with E-state index in [0.29, 0.717) is 24.4 Å². The molecule has 0 aliphatic heterocycles. The number of rotatable bonds is 5. The van der Waals surface area contributed by atoms with E-state index in [1.807, 2.05) is 0 Å². The fourth-order valence-corrected chi connectivity index (χ4v) is 2.06. The van der Waals surface area contributed by atoms with Crippen molar-refractivity contribution in [2.24, 2.45) is 0 Å². The van der Waals surface area contributed by atoms with Crippen LogP contribution in [-0.2, 0) is 0 Å². The Morgan fingerprint density at radius 1 is 1.71 bits per heavy atom. The van der Waals surface area contributed by atoms with Crippen molar-refractivity contribution in [3.05, 3.63) is 21.7 Å². The molecule has 0 aromatic carbocycles. The van der Waals surface area contributed by atoms with Gasteiger partial charge in [0.25, 0.3) is 4.96 Å². The quantitative estimate of drug-likeness (QED) is 0.353. The third kappa shape index (κ3) is 2.21. The van der Waals surface area contributed by atoms with Gasteiger partial charge >= 0.3 is 11.7 Å². The summed E-state index contributed by atoms with van der Waals surface area (Å²) in [5, 5.41) is 12.7. The van der Waals surface area contributed by atoms with Crippen LogP contribution in [0.1, 0.15) is 12.8 Å². The highest BCUT2D eigenvalue weighted by Gasteiger charge is 2.24. The van der Waals surface area contributed by atoms with Gasteiger partial charge in [0.15, 0.2) is 0 Å². The Labute approximate surface area is 101 Å². The fourth-order valence-electron chi connectivity index (χ4n) is 1.36. The Morgan fingerprint density at radius 2 is 2.53 bits per heavy atom. The summed E-state index contributed by atoms with van der Waals surface area (Å²) < 4.78 is 6.69. The number of imidazole rings is 1. The number of aromatic nitrogens is 2. The van der Waals surface area contributed by atoms with Crippen molar-refractivity contribution in [2.75, 3.05) is 6.61 Å². The van der Waals surface area contributed by atoms with E-state index in [4.69, 9.17) is 11.2 Å². The lowest BCUT2D eigenvalue weighted by Crippen LogP contribution is -2.00. The summed E-state index contributed by atoms with van der Waals surface area (Å²) >= 11 is 1.32. The van der Waals surface area contributed by atoms with Gasteiger partial charge in [0.2, 0.25) is 0 Å². The summed E-state index contributed by atoms with van der Waals surface area (Å²) in [6.45, 7) is 0.329. The van der Waals surface area contributed by atoms with Crippen molar-refractivity contribution in [1.29, 1.82) is 0 Å². The smallest absolute Gasteiger partial charge is 0.393 e. The minimum Gasteiger partial charge on any atom is -0.472 e. The Hall–Kier alpha value is -2.07. The van der Waals surface area contributed by atoms with Gasteiger partial charge in [-0.25, -0.2) is 0 Å². The molecule has 0 amide bonds. The molecule has 7 heteroatoms. The van der Waals surface area contributed by atoms with Gasteiger partial charge in [-0.05, 0) is 11.3 Å². The van der Waals surface area contributed by atoms with E-state index in [2.05, 4.69) is 10.9 Å². The monoisotopic (exact) mass is 251 g/mol. The molecule has 0 spiro atoms. The van der Waals surface area contributed by atoms with Crippen molar-refractivity contribution in [1.82, 2.24) is 9.38 Å². The largest absolute Gasteiger partial charge is 0.472 e. The molecule has 0 saturated heterocycles. The van der Waals surface area contributed by atoms with Crippen LogP contribution in [-0.4, -0.2) is 20.9 Å². The van der Waals surface area contributed by atoms with Crippen molar-refractivity contribution in [3.63, 3.8) is 0 Å². The molecule has 0 unspecified atom stereocenters. The van der Waals surface area contributed by atoms with E-state index in [9.17, 15) is 10.1 Å². The van der Waals surface area contributed by atoms with E-state index < -0.39 is 4.92 Å². The number of terminal acetylenes is 1. The maximum absolute atomic E-state index is 10.9. The number of unbranched alkanes of at least 4 members (excludes halogenated alkanes) is 1. The topological polar surface area (TPSA) is 69.7 Å². The standard InChI is InChI=1S/C10H9N3O3S/c1-2-3-4-6-16-8-9(13(14)15)12-5-7-17-10(12)11-8/h1,5,7H,3-4,6H2. The second-order valence-corrected chi connectivity index (χ2v) is 4.08. The van der Waals surface area contributed by atoms with Gasteiger partial charge in [-0.2, -0.15) is 9.38 Å². The van der Waals surface area contributed by atoms with Gasteiger partial charge in [-0.3, -0.25) is 0 Å². The summed E-state index contributed by atoms with van der Waals surface area (Å²) in [6.07, 6.45) is 7.93. The molecule has 0 bridgehead atoms. The minimum absolute atomic E-state index is 0.0545. The molecule has 0 aliphatic carbocycles. The van der Waals surface area contributed by atoms with Crippen LogP contribution >= 0.6 is 11.3 Å². The second-order valence-electron chi connectivity index (χ2n) is 3.21. The molecule has 2 heterocycles. The third-order valence-corrected chi connectivity index (χ3v) is 2.84. The van der Waals surface area contributed by atoms with Crippen LogP contribution in [0.3, 0.4) is 0 Å². The fraction of sp³-hybridized carbons (Fsp3) is 0.300. The summed E-state index contributed by atoms with van der Waals surface area (Å²) in [7, 11) is 0. The highest BCUT2D eigenvalue weighted by Crippen LogP contribution is 2.29. The first kappa shape index (κ1) is 11.4. The van der Waals surface area contributed by atoms with Crippen LogP contribution in [0.25, 0.3) is 4.96 Å². The summed E-state index contributed by atoms with van der Waals surface area (Å²) in [5.41, 5.74) is 0. The molecule has 0 aliphatic rings. The Kier molecular flexibility index (Phi) is 3.25. The maximum atomic E-state index is 10.9. The number of nitro groups is 1. The summed E-state index contributed by atoms with van der Waals surface area (Å²) in [6, 6.07) is 0. The average Bonchev–Trinajstić information content (AvgIpc) is 2.83. The zero-order valence-corrected chi connectivity index (χ0v) is 9.64. The molecule has 88 valence electrons. The summed E-state index contributed by atoms with van der Waals surface area (Å²) in [4.78, 5) is 15.0. The Balaban J connectivity index is 2.21. The lowest BCUT2D eigenvalue weighted by atomic mass is 10.3. The molecule has 6 nitrogen and oxygen atoms in total. The Bertz CT molecular complexity index is 581. The molecular formula is C10H9N3O3S.